The summed E-state index contributed by atoms with van der Waals surface area (Å²) in [6.07, 6.45) is 4.02. The van der Waals surface area contributed by atoms with E-state index in [2.05, 4.69) is 110 Å². The Morgan fingerprint density at radius 3 is 1.70 bits per heavy atom. The summed E-state index contributed by atoms with van der Waals surface area (Å²) in [4.78, 5) is 2.36. The van der Waals surface area contributed by atoms with Crippen LogP contribution < -0.4 is 9.47 Å². The van der Waals surface area contributed by atoms with Crippen LogP contribution in [0.15, 0.2) is 138 Å². The van der Waals surface area contributed by atoms with Gasteiger partial charge in [-0.1, -0.05) is 91.7 Å². The molecule has 218 valence electrons. The van der Waals surface area contributed by atoms with E-state index in [1.165, 1.54) is 54.6 Å². The van der Waals surface area contributed by atoms with Gasteiger partial charge < -0.3 is 9.47 Å². The standard InChI is InChI=1S/C39H32O2S3/c1-3-35-37(4-2)44-38-8-6-5-7-36(38)39(35,29-13-9-27-19-31(15-11-25(27)17-29)40-21-33-23-42-33)30-14-10-28-20-32(16-12-26(28)18-30)41-22-34-24-43-34/h3-20,33-34H,1-2,21-24H2. The van der Waals surface area contributed by atoms with Crippen molar-refractivity contribution in [3.05, 3.63) is 150 Å². The molecule has 3 aliphatic heterocycles. The van der Waals surface area contributed by atoms with E-state index in [0.717, 1.165) is 35.2 Å². The minimum atomic E-state index is -0.577. The second kappa shape index (κ2) is 11.4. The van der Waals surface area contributed by atoms with Crippen LogP contribution in [0.3, 0.4) is 0 Å². The van der Waals surface area contributed by atoms with Gasteiger partial charge in [-0.05, 0) is 86.3 Å². The fraction of sp³-hybridized carbons (Fsp3) is 0.179. The van der Waals surface area contributed by atoms with E-state index < -0.39 is 5.41 Å². The Bertz CT molecular complexity index is 1870. The zero-order valence-electron chi connectivity index (χ0n) is 24.3. The highest BCUT2D eigenvalue weighted by Crippen LogP contribution is 2.56. The molecular weight excluding hydrogens is 597 g/mol. The number of thioether (sulfide) groups is 3. The van der Waals surface area contributed by atoms with Gasteiger partial charge in [0.1, 0.15) is 24.7 Å². The van der Waals surface area contributed by atoms with Gasteiger partial charge in [-0.25, -0.2) is 0 Å². The third kappa shape index (κ3) is 5.05. The Labute approximate surface area is 271 Å². The normalized spacial score (nSPS) is 22.0. The fourth-order valence-electron chi connectivity index (χ4n) is 6.36. The van der Waals surface area contributed by atoms with E-state index in [1.807, 2.05) is 35.7 Å². The second-order valence-corrected chi connectivity index (χ2v) is 15.3. The van der Waals surface area contributed by atoms with Crippen LogP contribution in [0.5, 0.6) is 11.5 Å². The molecule has 0 saturated carbocycles. The summed E-state index contributed by atoms with van der Waals surface area (Å²) in [5.41, 5.74) is 4.24. The molecule has 2 fully saturated rings. The largest absolute Gasteiger partial charge is 0.492 e. The van der Waals surface area contributed by atoms with Crippen molar-refractivity contribution in [2.45, 2.75) is 20.8 Å². The predicted molar refractivity (Wildman–Crippen MR) is 191 cm³/mol. The van der Waals surface area contributed by atoms with E-state index in [-0.39, 0.29) is 0 Å². The maximum Gasteiger partial charge on any atom is 0.119 e. The van der Waals surface area contributed by atoms with E-state index in [0.29, 0.717) is 10.5 Å². The van der Waals surface area contributed by atoms with Gasteiger partial charge in [-0.3, -0.25) is 0 Å². The highest BCUT2D eigenvalue weighted by atomic mass is 32.2. The van der Waals surface area contributed by atoms with Crippen molar-refractivity contribution in [1.29, 1.82) is 0 Å². The second-order valence-electron chi connectivity index (χ2n) is 11.5. The van der Waals surface area contributed by atoms with Crippen LogP contribution in [0.25, 0.3) is 21.5 Å². The van der Waals surface area contributed by atoms with Crippen molar-refractivity contribution in [2.24, 2.45) is 0 Å². The monoisotopic (exact) mass is 628 g/mol. The van der Waals surface area contributed by atoms with Crippen LogP contribution in [0.2, 0.25) is 0 Å². The van der Waals surface area contributed by atoms with Gasteiger partial charge in [0.25, 0.3) is 0 Å². The average Bonchev–Trinajstić information content (AvgIpc) is 4.01. The smallest absolute Gasteiger partial charge is 0.119 e. The molecule has 0 amide bonds. The zero-order valence-corrected chi connectivity index (χ0v) is 26.8. The number of hydrogen-bond acceptors (Lipinski definition) is 5. The highest BCUT2D eigenvalue weighted by molar-refractivity contribution is 8.07. The summed E-state index contributed by atoms with van der Waals surface area (Å²) in [5, 5.41) is 6.00. The third-order valence-electron chi connectivity index (χ3n) is 8.74. The van der Waals surface area contributed by atoms with Crippen molar-refractivity contribution in [2.75, 3.05) is 24.7 Å². The molecule has 0 radical (unpaired) electrons. The van der Waals surface area contributed by atoms with Gasteiger partial charge in [0.15, 0.2) is 0 Å². The van der Waals surface area contributed by atoms with E-state index in [4.69, 9.17) is 9.47 Å². The third-order valence-corrected chi connectivity index (χ3v) is 11.8. The molecule has 44 heavy (non-hydrogen) atoms. The Morgan fingerprint density at radius 1 is 0.659 bits per heavy atom. The number of rotatable bonds is 10. The molecule has 3 aliphatic rings. The summed E-state index contributed by atoms with van der Waals surface area (Å²) < 4.78 is 12.2. The molecule has 0 N–H and O–H groups in total. The minimum Gasteiger partial charge on any atom is -0.492 e. The van der Waals surface area contributed by atoms with E-state index in [9.17, 15) is 0 Å². The van der Waals surface area contributed by atoms with Gasteiger partial charge >= 0.3 is 0 Å². The summed E-state index contributed by atoms with van der Waals surface area (Å²) in [5.74, 6) is 4.27. The summed E-state index contributed by atoms with van der Waals surface area (Å²) >= 11 is 5.69. The van der Waals surface area contributed by atoms with Crippen molar-refractivity contribution < 1.29 is 9.47 Å². The number of ether oxygens (including phenoxy) is 2. The Kier molecular flexibility index (Phi) is 7.28. The maximum atomic E-state index is 6.10. The summed E-state index contributed by atoms with van der Waals surface area (Å²) in [7, 11) is 0. The molecule has 0 aromatic heterocycles. The van der Waals surface area contributed by atoms with E-state index >= 15 is 0 Å². The average molecular weight is 629 g/mol. The van der Waals surface area contributed by atoms with Gasteiger partial charge in [-0.2, -0.15) is 23.5 Å². The molecule has 2 nitrogen and oxygen atoms in total. The fourth-order valence-corrected chi connectivity index (χ4v) is 8.30. The lowest BCUT2D eigenvalue weighted by atomic mass is 9.63. The molecular formula is C39H32O2S3. The van der Waals surface area contributed by atoms with Gasteiger partial charge in [0, 0.05) is 31.8 Å². The van der Waals surface area contributed by atoms with Crippen molar-refractivity contribution in [3.63, 3.8) is 0 Å². The lowest BCUT2D eigenvalue weighted by molar-refractivity contribution is 0.330. The molecule has 5 aromatic carbocycles. The van der Waals surface area contributed by atoms with Crippen LogP contribution in [0, 0.1) is 0 Å². The van der Waals surface area contributed by atoms with Gasteiger partial charge in [0.2, 0.25) is 0 Å². The predicted octanol–water partition coefficient (Wildman–Crippen LogP) is 10.0. The number of hydrogen-bond donors (Lipinski definition) is 0. The molecule has 0 aliphatic carbocycles. The zero-order chi connectivity index (χ0) is 29.7. The summed E-state index contributed by atoms with van der Waals surface area (Å²) in [6, 6.07) is 35.5. The van der Waals surface area contributed by atoms with Gasteiger partial charge in [0.05, 0.1) is 5.41 Å². The molecule has 0 bridgehead atoms. The van der Waals surface area contributed by atoms with Crippen LogP contribution in [0.4, 0.5) is 0 Å². The molecule has 0 spiro atoms. The SMILES string of the molecule is C=CC1=C(C=C)C(c2ccc3cc(OCC4CS4)ccc3c2)(c2ccc3cc(OCC4CS4)ccc3c2)c2ccccc2S1. The van der Waals surface area contributed by atoms with Gasteiger partial charge in [-0.15, -0.1) is 0 Å². The van der Waals surface area contributed by atoms with Crippen LogP contribution in [-0.4, -0.2) is 35.2 Å². The number of allylic oxidation sites excluding steroid dienone is 3. The van der Waals surface area contributed by atoms with E-state index in [1.54, 1.807) is 11.8 Å². The lowest BCUT2D eigenvalue weighted by Crippen LogP contribution is -2.34. The molecule has 2 saturated heterocycles. The molecule has 5 heteroatoms. The Hall–Kier alpha value is -3.51. The van der Waals surface area contributed by atoms with Crippen molar-refractivity contribution in [1.82, 2.24) is 0 Å². The number of fused-ring (bicyclic) bond motifs is 3. The molecule has 3 heterocycles. The number of benzene rings is 5. The first kappa shape index (κ1) is 28.0. The minimum absolute atomic E-state index is 0.577. The maximum absolute atomic E-state index is 6.10. The summed E-state index contributed by atoms with van der Waals surface area (Å²) in [6.45, 7) is 10.2. The van der Waals surface area contributed by atoms with Crippen LogP contribution >= 0.6 is 35.3 Å². The molecule has 2 atom stereocenters. The van der Waals surface area contributed by atoms with Crippen molar-refractivity contribution >= 4 is 56.8 Å². The topological polar surface area (TPSA) is 18.5 Å². The Balaban J connectivity index is 1.31. The first-order chi connectivity index (χ1) is 21.6. The molecule has 5 aromatic rings. The lowest BCUT2D eigenvalue weighted by Gasteiger charge is -2.42. The Morgan fingerprint density at radius 2 is 1.18 bits per heavy atom. The highest BCUT2D eigenvalue weighted by Gasteiger charge is 2.44. The first-order valence-corrected chi connectivity index (χ1v) is 17.9. The van der Waals surface area contributed by atoms with Crippen LogP contribution in [0.1, 0.15) is 16.7 Å². The van der Waals surface area contributed by atoms with Crippen molar-refractivity contribution in [3.8, 4) is 11.5 Å². The quantitative estimate of drug-likeness (QED) is 0.143. The molecule has 2 unspecified atom stereocenters. The first-order valence-electron chi connectivity index (χ1n) is 15.0. The van der Waals surface area contributed by atoms with Crippen LogP contribution in [-0.2, 0) is 5.41 Å². The molecule has 8 rings (SSSR count).